The van der Waals surface area contributed by atoms with E-state index in [9.17, 15) is 4.79 Å². The second-order valence-corrected chi connectivity index (χ2v) is 4.85. The van der Waals surface area contributed by atoms with Crippen molar-refractivity contribution < 1.29 is 9.53 Å². The number of ether oxygens (including phenoxy) is 1. The summed E-state index contributed by atoms with van der Waals surface area (Å²) >= 11 is 11.6. The molecule has 0 saturated carbocycles. The number of carbonyl (C=O) groups excluding carboxylic acids is 1. The summed E-state index contributed by atoms with van der Waals surface area (Å²) in [5.41, 5.74) is 0. The van der Waals surface area contributed by atoms with Gasteiger partial charge in [0.2, 0.25) is 0 Å². The van der Waals surface area contributed by atoms with E-state index in [1.54, 1.807) is 30.1 Å². The van der Waals surface area contributed by atoms with Crippen molar-refractivity contribution in [3.63, 3.8) is 0 Å². The first kappa shape index (κ1) is 15.1. The standard InChI is InChI=1S/C13H17Cl2NO2/c1-3-4-7-16(2)13(17)9-18-10-5-6-11(14)12(15)8-10/h5-6,8H,3-4,7,9H2,1-2H3. The normalized spacial score (nSPS) is 10.2. The predicted molar refractivity (Wildman–Crippen MR) is 74.5 cm³/mol. The van der Waals surface area contributed by atoms with E-state index in [2.05, 4.69) is 6.92 Å². The molecule has 0 bridgehead atoms. The van der Waals surface area contributed by atoms with Crippen LogP contribution in [-0.2, 0) is 4.79 Å². The number of hydrogen-bond acceptors (Lipinski definition) is 2. The molecule has 0 heterocycles. The number of hydrogen-bond donors (Lipinski definition) is 0. The predicted octanol–water partition coefficient (Wildman–Crippen LogP) is 3.63. The first-order valence-electron chi connectivity index (χ1n) is 5.86. The largest absolute Gasteiger partial charge is 0.484 e. The van der Waals surface area contributed by atoms with E-state index >= 15 is 0 Å². The molecular weight excluding hydrogens is 273 g/mol. The Balaban J connectivity index is 2.44. The Kier molecular flexibility index (Phi) is 6.30. The number of likely N-dealkylation sites (N-methyl/N-ethyl adjacent to an activating group) is 1. The fraction of sp³-hybridized carbons (Fsp3) is 0.462. The van der Waals surface area contributed by atoms with Crippen molar-refractivity contribution in [3.05, 3.63) is 28.2 Å². The number of rotatable bonds is 6. The quantitative estimate of drug-likeness (QED) is 0.800. The molecule has 0 aromatic heterocycles. The van der Waals surface area contributed by atoms with Gasteiger partial charge in [-0.3, -0.25) is 4.79 Å². The van der Waals surface area contributed by atoms with Gasteiger partial charge in [0.05, 0.1) is 10.0 Å². The van der Waals surface area contributed by atoms with Crippen LogP contribution in [0.1, 0.15) is 19.8 Å². The highest BCUT2D eigenvalue weighted by molar-refractivity contribution is 6.42. The van der Waals surface area contributed by atoms with E-state index in [1.165, 1.54) is 0 Å². The average molecular weight is 290 g/mol. The summed E-state index contributed by atoms with van der Waals surface area (Å²) in [6.45, 7) is 2.85. The zero-order valence-corrected chi connectivity index (χ0v) is 12.1. The molecule has 3 nitrogen and oxygen atoms in total. The smallest absolute Gasteiger partial charge is 0.260 e. The molecule has 0 saturated heterocycles. The van der Waals surface area contributed by atoms with Crippen molar-refractivity contribution >= 4 is 29.1 Å². The Bertz CT molecular complexity index is 410. The number of amides is 1. The molecule has 0 fully saturated rings. The Morgan fingerprint density at radius 1 is 1.33 bits per heavy atom. The Hall–Kier alpha value is -0.930. The van der Waals surface area contributed by atoms with E-state index < -0.39 is 0 Å². The minimum absolute atomic E-state index is 0.0121. The molecule has 0 aliphatic heterocycles. The van der Waals surface area contributed by atoms with Gasteiger partial charge in [0, 0.05) is 19.7 Å². The molecule has 0 atom stereocenters. The lowest BCUT2D eigenvalue weighted by Gasteiger charge is -2.17. The van der Waals surface area contributed by atoms with Gasteiger partial charge in [-0.25, -0.2) is 0 Å². The first-order chi connectivity index (χ1) is 8.54. The summed E-state index contributed by atoms with van der Waals surface area (Å²) in [5.74, 6) is 0.496. The average Bonchev–Trinajstić information content (AvgIpc) is 2.36. The zero-order valence-electron chi connectivity index (χ0n) is 10.6. The molecule has 0 radical (unpaired) electrons. The number of carbonyl (C=O) groups is 1. The lowest BCUT2D eigenvalue weighted by Crippen LogP contribution is -2.32. The van der Waals surface area contributed by atoms with Crippen molar-refractivity contribution in [1.82, 2.24) is 4.90 Å². The minimum Gasteiger partial charge on any atom is -0.484 e. The molecule has 0 aliphatic carbocycles. The molecule has 18 heavy (non-hydrogen) atoms. The molecule has 1 aromatic rings. The first-order valence-corrected chi connectivity index (χ1v) is 6.62. The van der Waals surface area contributed by atoms with Crippen LogP contribution in [0.3, 0.4) is 0 Å². The summed E-state index contributed by atoms with van der Waals surface area (Å²) in [7, 11) is 1.77. The summed E-state index contributed by atoms with van der Waals surface area (Å²) < 4.78 is 5.37. The molecule has 1 amide bonds. The number of benzene rings is 1. The fourth-order valence-electron chi connectivity index (χ4n) is 1.34. The van der Waals surface area contributed by atoms with Crippen LogP contribution in [0.15, 0.2) is 18.2 Å². The van der Waals surface area contributed by atoms with Crippen LogP contribution in [0.25, 0.3) is 0 Å². The molecule has 100 valence electrons. The van der Waals surface area contributed by atoms with E-state index in [-0.39, 0.29) is 12.5 Å². The third-order valence-electron chi connectivity index (χ3n) is 2.53. The number of unbranched alkanes of at least 4 members (excludes halogenated alkanes) is 1. The van der Waals surface area contributed by atoms with Gasteiger partial charge in [-0.05, 0) is 18.6 Å². The Morgan fingerprint density at radius 2 is 2.06 bits per heavy atom. The van der Waals surface area contributed by atoms with Gasteiger partial charge in [-0.15, -0.1) is 0 Å². The van der Waals surface area contributed by atoms with Crippen LogP contribution in [0.4, 0.5) is 0 Å². The summed E-state index contributed by atoms with van der Waals surface area (Å²) in [6.07, 6.45) is 2.06. The fourth-order valence-corrected chi connectivity index (χ4v) is 1.63. The Labute approximate surface area is 118 Å². The highest BCUT2D eigenvalue weighted by Gasteiger charge is 2.09. The molecule has 0 spiro atoms. The summed E-state index contributed by atoms with van der Waals surface area (Å²) in [5, 5.41) is 0.886. The van der Waals surface area contributed by atoms with E-state index in [0.717, 1.165) is 19.4 Å². The summed E-state index contributed by atoms with van der Waals surface area (Å²) in [6, 6.07) is 4.93. The van der Waals surface area contributed by atoms with Crippen molar-refractivity contribution in [1.29, 1.82) is 0 Å². The van der Waals surface area contributed by atoms with Crippen molar-refractivity contribution in [3.8, 4) is 5.75 Å². The van der Waals surface area contributed by atoms with Gasteiger partial charge < -0.3 is 9.64 Å². The van der Waals surface area contributed by atoms with E-state index in [1.807, 2.05) is 0 Å². The van der Waals surface area contributed by atoms with Crippen LogP contribution in [0.2, 0.25) is 10.0 Å². The van der Waals surface area contributed by atoms with Crippen LogP contribution in [-0.4, -0.2) is 31.0 Å². The lowest BCUT2D eigenvalue weighted by atomic mass is 10.3. The second kappa shape index (κ2) is 7.49. The van der Waals surface area contributed by atoms with E-state index in [4.69, 9.17) is 27.9 Å². The third-order valence-corrected chi connectivity index (χ3v) is 3.27. The van der Waals surface area contributed by atoms with Gasteiger partial charge in [-0.1, -0.05) is 36.5 Å². The molecule has 0 aliphatic rings. The van der Waals surface area contributed by atoms with Crippen molar-refractivity contribution in [2.45, 2.75) is 19.8 Å². The number of nitrogens with zero attached hydrogens (tertiary/aromatic N) is 1. The molecule has 0 unspecified atom stereocenters. The minimum atomic E-state index is -0.0467. The van der Waals surface area contributed by atoms with Gasteiger partial charge >= 0.3 is 0 Å². The van der Waals surface area contributed by atoms with Crippen LogP contribution < -0.4 is 4.74 Å². The van der Waals surface area contributed by atoms with Gasteiger partial charge in [0.1, 0.15) is 5.75 Å². The monoisotopic (exact) mass is 289 g/mol. The third kappa shape index (κ3) is 4.75. The maximum atomic E-state index is 11.7. The maximum absolute atomic E-state index is 11.7. The second-order valence-electron chi connectivity index (χ2n) is 4.03. The van der Waals surface area contributed by atoms with Crippen LogP contribution in [0.5, 0.6) is 5.75 Å². The Morgan fingerprint density at radius 3 is 2.67 bits per heavy atom. The number of halogens is 2. The highest BCUT2D eigenvalue weighted by Crippen LogP contribution is 2.26. The molecule has 1 rings (SSSR count). The zero-order chi connectivity index (χ0) is 13.5. The van der Waals surface area contributed by atoms with Gasteiger partial charge in [0.15, 0.2) is 6.61 Å². The van der Waals surface area contributed by atoms with E-state index in [0.29, 0.717) is 15.8 Å². The van der Waals surface area contributed by atoms with Crippen molar-refractivity contribution in [2.24, 2.45) is 0 Å². The molecular formula is C13H17Cl2NO2. The maximum Gasteiger partial charge on any atom is 0.260 e. The molecule has 1 aromatic carbocycles. The van der Waals surface area contributed by atoms with Gasteiger partial charge in [-0.2, -0.15) is 0 Å². The molecule has 0 N–H and O–H groups in total. The van der Waals surface area contributed by atoms with Crippen LogP contribution in [0, 0.1) is 0 Å². The van der Waals surface area contributed by atoms with Crippen LogP contribution >= 0.6 is 23.2 Å². The highest BCUT2D eigenvalue weighted by atomic mass is 35.5. The van der Waals surface area contributed by atoms with Gasteiger partial charge in [0.25, 0.3) is 5.91 Å². The topological polar surface area (TPSA) is 29.5 Å². The summed E-state index contributed by atoms with van der Waals surface area (Å²) in [4.78, 5) is 13.4. The van der Waals surface area contributed by atoms with Crippen molar-refractivity contribution in [2.75, 3.05) is 20.2 Å². The lowest BCUT2D eigenvalue weighted by molar-refractivity contribution is -0.132. The SMILES string of the molecule is CCCCN(C)C(=O)COc1ccc(Cl)c(Cl)c1. The molecule has 5 heteroatoms.